The van der Waals surface area contributed by atoms with E-state index in [1.165, 1.54) is 27.5 Å². The zero-order valence-corrected chi connectivity index (χ0v) is 20.9. The summed E-state index contributed by atoms with van der Waals surface area (Å²) >= 11 is 0. The average Bonchev–Trinajstić information content (AvgIpc) is 3.11. The minimum absolute atomic E-state index is 0.0385. The van der Waals surface area contributed by atoms with E-state index in [-0.39, 0.29) is 17.4 Å². The van der Waals surface area contributed by atoms with E-state index in [2.05, 4.69) is 53.6 Å². The summed E-state index contributed by atoms with van der Waals surface area (Å²) in [7, 11) is 3.75. The molecule has 6 atom stereocenters. The highest BCUT2D eigenvalue weighted by Crippen LogP contribution is 2.62. The van der Waals surface area contributed by atoms with Gasteiger partial charge in [-0.05, 0) is 112 Å². The Balaban J connectivity index is 0.000000764. The predicted octanol–water partition coefficient (Wildman–Crippen LogP) is 5.50. The van der Waals surface area contributed by atoms with E-state index in [4.69, 9.17) is 0 Å². The average molecular weight is 461 g/mol. The van der Waals surface area contributed by atoms with E-state index in [1.807, 2.05) is 26.5 Å². The van der Waals surface area contributed by atoms with Crippen LogP contribution in [0.4, 0.5) is 0 Å². The van der Waals surface area contributed by atoms with Crippen molar-refractivity contribution in [1.29, 1.82) is 0 Å². The molecule has 2 aromatic rings. The molecule has 0 amide bonds. The largest absolute Gasteiger partial charge is 0.393 e. The number of hydrogen-bond donors (Lipinski definition) is 3. The molecule has 0 saturated heterocycles. The van der Waals surface area contributed by atoms with Gasteiger partial charge in [-0.3, -0.25) is 4.98 Å². The molecule has 34 heavy (non-hydrogen) atoms. The van der Waals surface area contributed by atoms with Crippen LogP contribution in [0.25, 0.3) is 16.3 Å². The molecule has 182 valence electrons. The van der Waals surface area contributed by atoms with Crippen LogP contribution in [0.15, 0.2) is 54.4 Å². The number of pyridine rings is 1. The van der Waals surface area contributed by atoms with Crippen molar-refractivity contribution in [3.05, 3.63) is 59.9 Å². The highest BCUT2D eigenvalue weighted by atomic mass is 16.3. The van der Waals surface area contributed by atoms with E-state index in [0.29, 0.717) is 11.8 Å². The van der Waals surface area contributed by atoms with Crippen LogP contribution in [0.5, 0.6) is 0 Å². The molecule has 2 saturated carbocycles. The maximum absolute atomic E-state index is 12.2. The van der Waals surface area contributed by atoms with Crippen LogP contribution >= 0.6 is 0 Å². The van der Waals surface area contributed by atoms with E-state index in [1.54, 1.807) is 0 Å². The van der Waals surface area contributed by atoms with Crippen LogP contribution in [0.3, 0.4) is 0 Å². The molecule has 0 aliphatic heterocycles. The first kappa shape index (κ1) is 23.7. The molecule has 4 aliphatic carbocycles. The summed E-state index contributed by atoms with van der Waals surface area (Å²) in [6.07, 6.45) is 16.3. The number of allylic oxidation sites excluding steroid dienone is 3. The fourth-order valence-corrected chi connectivity index (χ4v) is 7.54. The van der Waals surface area contributed by atoms with Crippen LogP contribution in [0.1, 0.15) is 63.9 Å². The zero-order valence-electron chi connectivity index (χ0n) is 20.9. The summed E-state index contributed by atoms with van der Waals surface area (Å²) < 4.78 is 0. The third-order valence-corrected chi connectivity index (χ3v) is 9.29. The van der Waals surface area contributed by atoms with Crippen molar-refractivity contribution in [1.82, 2.24) is 10.3 Å². The maximum atomic E-state index is 12.2. The van der Waals surface area contributed by atoms with E-state index >= 15 is 0 Å². The number of aliphatic hydroxyl groups is 2. The second kappa shape index (κ2) is 9.22. The molecule has 4 heteroatoms. The molecule has 4 aliphatic rings. The minimum atomic E-state index is -0.702. The van der Waals surface area contributed by atoms with Crippen molar-refractivity contribution in [3.63, 3.8) is 0 Å². The molecule has 2 fully saturated rings. The zero-order chi connectivity index (χ0) is 23.9. The van der Waals surface area contributed by atoms with E-state index in [0.717, 1.165) is 51.4 Å². The number of nitrogens with one attached hydrogen (secondary N) is 1. The summed E-state index contributed by atoms with van der Waals surface area (Å²) in [5, 5.41) is 27.6. The second-order valence-electron chi connectivity index (χ2n) is 11.3. The summed E-state index contributed by atoms with van der Waals surface area (Å²) in [5.74, 6) is 1.44. The van der Waals surface area contributed by atoms with Gasteiger partial charge >= 0.3 is 0 Å². The van der Waals surface area contributed by atoms with Gasteiger partial charge in [-0.25, -0.2) is 0 Å². The SMILES string of the molecule is CC12CC=C3CC4CC(O)CCC4CC[C@]3(O)C1CC=C2c1ccc2ccncc2c1.CNC. The summed E-state index contributed by atoms with van der Waals surface area (Å²) in [5.41, 5.74) is 3.20. The van der Waals surface area contributed by atoms with E-state index in [9.17, 15) is 10.2 Å². The standard InChI is InChI=1S/C28H33NO2.C2H7N/c1-27-11-9-23-15-21-16-24(30)5-4-18(21)8-12-28(23,31)26(27)7-6-25(27)20-3-2-19-10-13-29-17-22(19)14-20;1-3-2/h2-3,6,9-10,13-14,17-18,21,24,26,30-31H,4-5,7-8,11-12,15-16H2,1H3;3H,1-2H3/t18?,21?,24?,26?,27?,28-;/m1./s1. The Labute approximate surface area is 204 Å². The Hall–Kier alpha value is -2.01. The second-order valence-corrected chi connectivity index (χ2v) is 11.3. The topological polar surface area (TPSA) is 65.4 Å². The molecular weight excluding hydrogens is 420 g/mol. The molecular formula is C30H40N2O2. The third kappa shape index (κ3) is 3.94. The monoisotopic (exact) mass is 460 g/mol. The van der Waals surface area contributed by atoms with Gasteiger partial charge in [0.2, 0.25) is 0 Å². The van der Waals surface area contributed by atoms with Gasteiger partial charge in [-0.1, -0.05) is 31.2 Å². The molecule has 4 nitrogen and oxygen atoms in total. The van der Waals surface area contributed by atoms with Crippen molar-refractivity contribution in [2.45, 2.75) is 70.0 Å². The Bertz CT molecular complexity index is 1110. The molecule has 1 aromatic carbocycles. The Kier molecular flexibility index (Phi) is 6.43. The van der Waals surface area contributed by atoms with Gasteiger partial charge in [-0.2, -0.15) is 0 Å². The lowest BCUT2D eigenvalue weighted by Crippen LogP contribution is -2.48. The van der Waals surface area contributed by atoms with Crippen LogP contribution < -0.4 is 5.32 Å². The third-order valence-electron chi connectivity index (χ3n) is 9.29. The highest BCUT2D eigenvalue weighted by molar-refractivity contribution is 5.87. The van der Waals surface area contributed by atoms with Gasteiger partial charge in [-0.15, -0.1) is 0 Å². The summed E-state index contributed by atoms with van der Waals surface area (Å²) in [6, 6.07) is 8.78. The van der Waals surface area contributed by atoms with Gasteiger partial charge in [0, 0.05) is 29.1 Å². The molecule has 0 bridgehead atoms. The first-order valence-electron chi connectivity index (χ1n) is 13.1. The van der Waals surface area contributed by atoms with Crippen molar-refractivity contribution < 1.29 is 10.2 Å². The Morgan fingerprint density at radius 2 is 1.85 bits per heavy atom. The summed E-state index contributed by atoms with van der Waals surface area (Å²) in [4.78, 5) is 4.31. The number of aliphatic hydroxyl groups excluding tert-OH is 1. The minimum Gasteiger partial charge on any atom is -0.393 e. The first-order valence-corrected chi connectivity index (χ1v) is 13.1. The van der Waals surface area contributed by atoms with Gasteiger partial charge in [0.1, 0.15) is 0 Å². The highest BCUT2D eigenvalue weighted by Gasteiger charge is 2.56. The molecule has 5 unspecified atom stereocenters. The molecule has 1 heterocycles. The number of rotatable bonds is 1. The number of hydrogen-bond acceptors (Lipinski definition) is 4. The maximum Gasteiger partial charge on any atom is 0.0896 e. The lowest BCUT2D eigenvalue weighted by atomic mass is 9.58. The molecule has 6 rings (SSSR count). The molecule has 1 aromatic heterocycles. The molecule has 0 radical (unpaired) electrons. The van der Waals surface area contributed by atoms with E-state index < -0.39 is 5.60 Å². The van der Waals surface area contributed by atoms with Gasteiger partial charge in [0.15, 0.2) is 0 Å². The Morgan fingerprint density at radius 3 is 2.68 bits per heavy atom. The van der Waals surface area contributed by atoms with Crippen LogP contribution in [0.2, 0.25) is 0 Å². The molecule has 0 spiro atoms. The molecule has 3 N–H and O–H groups in total. The lowest BCUT2D eigenvalue weighted by Gasteiger charge is -2.49. The number of benzene rings is 1. The van der Waals surface area contributed by atoms with Crippen molar-refractivity contribution in [2.75, 3.05) is 14.1 Å². The number of fused-ring (bicyclic) bond motifs is 5. The smallest absolute Gasteiger partial charge is 0.0896 e. The quantitative estimate of drug-likeness (QED) is 0.492. The lowest BCUT2D eigenvalue weighted by molar-refractivity contribution is -0.0358. The van der Waals surface area contributed by atoms with Crippen molar-refractivity contribution >= 4 is 16.3 Å². The predicted molar refractivity (Wildman–Crippen MR) is 139 cm³/mol. The van der Waals surface area contributed by atoms with Crippen LogP contribution in [-0.2, 0) is 0 Å². The van der Waals surface area contributed by atoms with Gasteiger partial charge in [0.25, 0.3) is 0 Å². The van der Waals surface area contributed by atoms with Crippen molar-refractivity contribution in [3.8, 4) is 0 Å². The van der Waals surface area contributed by atoms with Crippen LogP contribution in [0, 0.1) is 23.2 Å². The normalized spacial score (nSPS) is 36.7. The summed E-state index contributed by atoms with van der Waals surface area (Å²) in [6.45, 7) is 2.37. The van der Waals surface area contributed by atoms with Crippen LogP contribution in [-0.4, -0.2) is 41.0 Å². The first-order chi connectivity index (χ1) is 16.4. The van der Waals surface area contributed by atoms with Crippen molar-refractivity contribution in [2.24, 2.45) is 23.2 Å². The van der Waals surface area contributed by atoms with Gasteiger partial charge < -0.3 is 15.5 Å². The fraction of sp³-hybridized carbons (Fsp3) is 0.567. The number of aromatic nitrogens is 1. The Morgan fingerprint density at radius 1 is 1.03 bits per heavy atom. The fourth-order valence-electron chi connectivity index (χ4n) is 7.54. The number of nitrogens with zero attached hydrogens (tertiary/aromatic N) is 1. The van der Waals surface area contributed by atoms with Gasteiger partial charge in [0.05, 0.1) is 11.7 Å².